The molecule has 4 aliphatic heterocycles. The van der Waals surface area contributed by atoms with Gasteiger partial charge >= 0.3 is 0 Å². The first kappa shape index (κ1) is 36.2. The third kappa shape index (κ3) is 6.83. The Morgan fingerprint density at radius 2 is 1.83 bits per heavy atom. The fourth-order valence-electron chi connectivity index (χ4n) is 8.52. The molecule has 3 saturated heterocycles. The van der Waals surface area contributed by atoms with Crippen LogP contribution in [0.5, 0.6) is 5.75 Å². The van der Waals surface area contributed by atoms with Crippen LogP contribution in [0.1, 0.15) is 75.6 Å². The van der Waals surface area contributed by atoms with Crippen molar-refractivity contribution in [1.82, 2.24) is 39.5 Å². The molecule has 2 aromatic carbocycles. The van der Waals surface area contributed by atoms with Gasteiger partial charge in [0.1, 0.15) is 17.4 Å². The summed E-state index contributed by atoms with van der Waals surface area (Å²) in [6.45, 7) is 4.88. The molecular formula is C41H42N10O7. The largest absolute Gasteiger partial charge is 0.491 e. The zero-order valence-corrected chi connectivity index (χ0v) is 31.7. The lowest BCUT2D eigenvalue weighted by Gasteiger charge is -2.39. The van der Waals surface area contributed by atoms with E-state index in [-0.39, 0.29) is 42.0 Å². The number of benzene rings is 2. The highest BCUT2D eigenvalue weighted by molar-refractivity contribution is 6.23. The van der Waals surface area contributed by atoms with Gasteiger partial charge in [0.2, 0.25) is 11.8 Å². The second-order valence-electron chi connectivity index (χ2n) is 15.8. The molecule has 5 aromatic rings. The van der Waals surface area contributed by atoms with Crippen molar-refractivity contribution >= 4 is 57.5 Å². The second kappa shape index (κ2) is 14.6. The Morgan fingerprint density at radius 3 is 2.66 bits per heavy atom. The second-order valence-corrected chi connectivity index (χ2v) is 15.8. The Hall–Kier alpha value is -6.20. The van der Waals surface area contributed by atoms with Crippen molar-refractivity contribution in [2.24, 2.45) is 5.92 Å². The fourth-order valence-corrected chi connectivity index (χ4v) is 8.52. The lowest BCUT2D eigenvalue weighted by Crippen LogP contribution is -2.54. The summed E-state index contributed by atoms with van der Waals surface area (Å²) in [6.07, 6.45) is 11.2. The molecule has 1 unspecified atom stereocenters. The molecule has 17 heteroatoms. The summed E-state index contributed by atoms with van der Waals surface area (Å²) >= 11 is 0. The van der Waals surface area contributed by atoms with E-state index >= 15 is 0 Å². The van der Waals surface area contributed by atoms with Gasteiger partial charge in [-0.1, -0.05) is 0 Å². The molecule has 0 radical (unpaired) electrons. The van der Waals surface area contributed by atoms with Crippen LogP contribution in [0.25, 0.3) is 16.6 Å². The van der Waals surface area contributed by atoms with Gasteiger partial charge < -0.3 is 24.6 Å². The van der Waals surface area contributed by atoms with E-state index in [1.165, 1.54) is 6.20 Å². The topological polar surface area (TPSA) is 186 Å². The molecule has 1 saturated carbocycles. The van der Waals surface area contributed by atoms with Crippen LogP contribution in [-0.2, 0) is 14.3 Å². The Morgan fingerprint density at radius 1 is 0.983 bits per heavy atom. The van der Waals surface area contributed by atoms with Gasteiger partial charge in [-0.3, -0.25) is 38.9 Å². The molecule has 5 amide bonds. The van der Waals surface area contributed by atoms with E-state index in [0.29, 0.717) is 54.9 Å². The first-order valence-electron chi connectivity index (χ1n) is 20.0. The predicted octanol–water partition coefficient (Wildman–Crippen LogP) is 3.06. The minimum absolute atomic E-state index is 0.0534. The van der Waals surface area contributed by atoms with Crippen molar-refractivity contribution in [3.8, 4) is 5.75 Å². The average Bonchev–Trinajstić information content (AvgIpc) is 3.72. The summed E-state index contributed by atoms with van der Waals surface area (Å²) in [5, 5.41) is 15.4. The van der Waals surface area contributed by atoms with Gasteiger partial charge in [0.05, 0.1) is 53.9 Å². The number of hydrogen-bond donors (Lipinski definition) is 2. The van der Waals surface area contributed by atoms with Crippen molar-refractivity contribution in [3.05, 3.63) is 77.9 Å². The van der Waals surface area contributed by atoms with Gasteiger partial charge in [0.25, 0.3) is 17.7 Å². The van der Waals surface area contributed by atoms with Crippen molar-refractivity contribution < 1.29 is 33.4 Å². The van der Waals surface area contributed by atoms with E-state index in [1.54, 1.807) is 35.1 Å². The van der Waals surface area contributed by atoms with Crippen molar-refractivity contribution in [2.45, 2.75) is 56.7 Å². The standard InChI is InChI=1S/C41H42N10O7/c52-36-7-6-34(39(54)45-36)51-40(55)29-5-4-27(17-30(29)41(51)56)48-14-15-57-28(22-48)21-47-12-8-26(9-13-47)50-20-25-16-33(35(18-32(25)46-50)58-23-24-2-3-24)44-38(53)31-19-43-49-11-1-10-42-37(31)49/h1,4-5,10-11,16-20,24,26,28,34H,2-3,6-9,12-15,21-23H2,(H,44,53)(H,45,52,54)/t28-,34?/m1/s1. The van der Waals surface area contributed by atoms with Gasteiger partial charge in [-0.05, 0) is 68.4 Å². The molecule has 0 spiro atoms. The number of aromatic nitrogens is 5. The van der Waals surface area contributed by atoms with Crippen molar-refractivity contribution in [3.63, 3.8) is 0 Å². The summed E-state index contributed by atoms with van der Waals surface area (Å²) in [6, 6.07) is 10.1. The minimum atomic E-state index is -0.998. The molecule has 2 N–H and O–H groups in total. The maximum atomic E-state index is 13.4. The normalized spacial score (nSPS) is 21.9. The number of nitrogens with zero attached hydrogens (tertiary/aromatic N) is 8. The molecule has 7 heterocycles. The number of fused-ring (bicyclic) bond motifs is 3. The molecule has 0 bridgehead atoms. The van der Waals surface area contributed by atoms with E-state index in [4.69, 9.17) is 14.6 Å². The Kier molecular flexibility index (Phi) is 9.12. The number of anilines is 2. The summed E-state index contributed by atoms with van der Waals surface area (Å²) in [7, 11) is 0. The zero-order chi connectivity index (χ0) is 39.5. The van der Waals surface area contributed by atoms with Gasteiger partial charge in [0, 0.05) is 74.9 Å². The third-order valence-electron chi connectivity index (χ3n) is 11.9. The van der Waals surface area contributed by atoms with Crippen LogP contribution in [0.3, 0.4) is 0 Å². The number of ether oxygens (including phenoxy) is 2. The average molecular weight is 787 g/mol. The number of imide groups is 2. The maximum Gasteiger partial charge on any atom is 0.262 e. The quantitative estimate of drug-likeness (QED) is 0.198. The van der Waals surface area contributed by atoms with Gasteiger partial charge in [0.15, 0.2) is 5.65 Å². The minimum Gasteiger partial charge on any atom is -0.491 e. The molecule has 10 rings (SSSR count). The molecule has 3 aromatic heterocycles. The Labute approximate surface area is 332 Å². The number of piperidine rings is 2. The molecule has 58 heavy (non-hydrogen) atoms. The zero-order valence-electron chi connectivity index (χ0n) is 31.7. The first-order valence-corrected chi connectivity index (χ1v) is 20.0. The number of hydrogen-bond acceptors (Lipinski definition) is 12. The van der Waals surface area contributed by atoms with Crippen LogP contribution in [-0.4, -0.2) is 122 Å². The monoisotopic (exact) mass is 786 g/mol. The molecule has 17 nitrogen and oxygen atoms in total. The number of carbonyl (C=O) groups is 5. The summed E-state index contributed by atoms with van der Waals surface area (Å²) in [5.41, 5.74) is 3.60. The lowest BCUT2D eigenvalue weighted by molar-refractivity contribution is -0.136. The number of nitrogens with one attached hydrogen (secondary N) is 2. The van der Waals surface area contributed by atoms with Crippen LogP contribution < -0.4 is 20.3 Å². The van der Waals surface area contributed by atoms with Crippen LogP contribution in [0.15, 0.2) is 61.2 Å². The molecule has 2 atom stereocenters. The maximum absolute atomic E-state index is 13.4. The van der Waals surface area contributed by atoms with E-state index in [1.807, 2.05) is 29.1 Å². The molecule has 4 fully saturated rings. The first-order chi connectivity index (χ1) is 28.3. The summed E-state index contributed by atoms with van der Waals surface area (Å²) in [4.78, 5) is 74.2. The highest BCUT2D eigenvalue weighted by atomic mass is 16.5. The Balaban J connectivity index is 0.778. The highest BCUT2D eigenvalue weighted by Gasteiger charge is 2.45. The Bertz CT molecular complexity index is 2480. The van der Waals surface area contributed by atoms with Crippen molar-refractivity contribution in [1.29, 1.82) is 0 Å². The molecule has 5 aliphatic rings. The van der Waals surface area contributed by atoms with Gasteiger partial charge in [-0.15, -0.1) is 0 Å². The predicted molar refractivity (Wildman–Crippen MR) is 209 cm³/mol. The van der Waals surface area contributed by atoms with Crippen LogP contribution in [0, 0.1) is 5.92 Å². The van der Waals surface area contributed by atoms with Crippen LogP contribution in [0.2, 0.25) is 0 Å². The highest BCUT2D eigenvalue weighted by Crippen LogP contribution is 2.36. The van der Waals surface area contributed by atoms with Gasteiger partial charge in [-0.2, -0.15) is 10.2 Å². The smallest absolute Gasteiger partial charge is 0.262 e. The third-order valence-corrected chi connectivity index (χ3v) is 11.9. The van der Waals surface area contributed by atoms with Crippen LogP contribution in [0.4, 0.5) is 11.4 Å². The van der Waals surface area contributed by atoms with E-state index in [9.17, 15) is 24.0 Å². The summed E-state index contributed by atoms with van der Waals surface area (Å²) < 4.78 is 16.1. The number of rotatable bonds is 10. The van der Waals surface area contributed by atoms with Crippen LogP contribution >= 0.6 is 0 Å². The fraction of sp³-hybridized carbons (Fsp3) is 0.415. The summed E-state index contributed by atoms with van der Waals surface area (Å²) in [5.74, 6) is -1.24. The number of carbonyl (C=O) groups excluding carboxylic acids is 5. The number of likely N-dealkylation sites (tertiary alicyclic amines) is 1. The lowest BCUT2D eigenvalue weighted by atomic mass is 10.0. The van der Waals surface area contributed by atoms with E-state index < -0.39 is 29.7 Å². The number of amides is 5. The van der Waals surface area contributed by atoms with Crippen molar-refractivity contribution in [2.75, 3.05) is 56.2 Å². The molecule has 298 valence electrons. The molecular weight excluding hydrogens is 745 g/mol. The van der Waals surface area contributed by atoms with E-state index in [0.717, 1.165) is 66.8 Å². The molecule has 1 aliphatic carbocycles. The SMILES string of the molecule is O=C1CCC(N2C(=O)c3ccc(N4CCO[C@H](CN5CCC(n6cc7cc(NC(=O)c8cnn9cccnc89)c(OCC8CC8)cc7n6)CC5)C4)cc3C2=O)C(=O)N1. The number of morpholine rings is 1. The van der Waals surface area contributed by atoms with Gasteiger partial charge in [-0.25, -0.2) is 9.50 Å². The van der Waals surface area contributed by atoms with E-state index in [2.05, 4.69) is 30.5 Å².